The minimum absolute atomic E-state index is 0.0157. The maximum atomic E-state index is 13.5. The molecule has 5 aromatic rings. The Kier molecular flexibility index (Phi) is 6.96. The van der Waals surface area contributed by atoms with Gasteiger partial charge in [-0.1, -0.05) is 24.3 Å². The number of para-hydroxylation sites is 2. The molecule has 0 saturated heterocycles. The van der Waals surface area contributed by atoms with Crippen LogP contribution in [-0.2, 0) is 16.6 Å². The molecule has 2 N–H and O–H groups in total. The number of carbonyl (C=O) groups is 2. The van der Waals surface area contributed by atoms with Gasteiger partial charge in [0, 0.05) is 28.8 Å². The zero-order valence-electron chi connectivity index (χ0n) is 22.3. The van der Waals surface area contributed by atoms with Crippen LogP contribution >= 0.6 is 11.3 Å². The largest absolute Gasteiger partial charge is 0.497 e. The van der Waals surface area contributed by atoms with Crippen LogP contribution in [0.3, 0.4) is 0 Å². The van der Waals surface area contributed by atoms with Crippen LogP contribution in [0.2, 0.25) is 0 Å². The van der Waals surface area contributed by atoms with Gasteiger partial charge in [-0.15, -0.1) is 11.3 Å². The molecule has 0 radical (unpaired) electrons. The lowest BCUT2D eigenvalue weighted by Gasteiger charge is -2.15. The number of aromatic nitrogens is 2. The third kappa shape index (κ3) is 5.10. The van der Waals surface area contributed by atoms with E-state index in [0.29, 0.717) is 44.2 Å². The van der Waals surface area contributed by atoms with Crippen LogP contribution in [0, 0.1) is 0 Å². The van der Waals surface area contributed by atoms with Gasteiger partial charge >= 0.3 is 0 Å². The van der Waals surface area contributed by atoms with Crippen molar-refractivity contribution in [3.05, 3.63) is 94.9 Å². The molecule has 1 aliphatic rings. The standard InChI is InChI=1S/C29H23N5O6S2/c1-39-18-13-17(14-19(15-18)40-2)30-26-27(32-24-10-6-5-9-23(24)31-26)33-42(37,38)25-12-11-20(41-25)16-34-28(35)21-7-3-4-8-22(21)29(34)36/h3-15H,16H2,1-2H3,(H,30,31)(H,32,33). The van der Waals surface area contributed by atoms with Crippen LogP contribution in [0.15, 0.2) is 83.1 Å². The molecule has 1 aliphatic heterocycles. The number of hydrogen-bond acceptors (Lipinski definition) is 10. The summed E-state index contributed by atoms with van der Waals surface area (Å²) in [4.78, 5) is 36.3. The molecule has 0 saturated carbocycles. The molecule has 3 heterocycles. The van der Waals surface area contributed by atoms with Crippen molar-refractivity contribution >= 4 is 61.5 Å². The molecule has 13 heteroatoms. The normalized spacial score (nSPS) is 12.9. The molecule has 0 bridgehead atoms. The molecular weight excluding hydrogens is 578 g/mol. The first kappa shape index (κ1) is 27.2. The first-order chi connectivity index (χ1) is 20.3. The quantitative estimate of drug-likeness (QED) is 0.222. The molecule has 3 aromatic carbocycles. The molecule has 2 amide bonds. The lowest BCUT2D eigenvalue weighted by atomic mass is 10.1. The number of nitrogens with zero attached hydrogens (tertiary/aromatic N) is 3. The second-order valence-electron chi connectivity index (χ2n) is 9.20. The average Bonchev–Trinajstić information content (AvgIpc) is 3.57. The number of ether oxygens (including phenoxy) is 2. The zero-order valence-corrected chi connectivity index (χ0v) is 24.0. The van der Waals surface area contributed by atoms with Crippen LogP contribution in [0.25, 0.3) is 11.0 Å². The lowest BCUT2D eigenvalue weighted by Crippen LogP contribution is -2.28. The lowest BCUT2D eigenvalue weighted by molar-refractivity contribution is 0.0644. The van der Waals surface area contributed by atoms with Gasteiger partial charge in [0.05, 0.1) is 42.9 Å². The number of nitrogens with one attached hydrogen (secondary N) is 2. The number of rotatable bonds is 9. The highest BCUT2D eigenvalue weighted by molar-refractivity contribution is 7.94. The molecular formula is C29H23N5O6S2. The van der Waals surface area contributed by atoms with Crippen LogP contribution < -0.4 is 19.5 Å². The number of carbonyl (C=O) groups excluding carboxylic acids is 2. The van der Waals surface area contributed by atoms with Gasteiger partial charge < -0.3 is 14.8 Å². The summed E-state index contributed by atoms with van der Waals surface area (Å²) in [7, 11) is -1.08. The zero-order chi connectivity index (χ0) is 29.4. The predicted molar refractivity (Wildman–Crippen MR) is 158 cm³/mol. The molecule has 2 aromatic heterocycles. The Bertz CT molecular complexity index is 1920. The molecule has 6 rings (SSSR count). The van der Waals surface area contributed by atoms with E-state index in [4.69, 9.17) is 9.47 Å². The van der Waals surface area contributed by atoms with Gasteiger partial charge in [0.15, 0.2) is 11.6 Å². The number of sulfonamides is 1. The highest BCUT2D eigenvalue weighted by atomic mass is 32.2. The van der Waals surface area contributed by atoms with Gasteiger partial charge in [-0.2, -0.15) is 0 Å². The summed E-state index contributed by atoms with van der Waals surface area (Å²) >= 11 is 0.954. The number of fused-ring (bicyclic) bond motifs is 2. The number of imide groups is 1. The Hall–Kier alpha value is -5.01. The van der Waals surface area contributed by atoms with E-state index >= 15 is 0 Å². The Morgan fingerprint density at radius 3 is 1.95 bits per heavy atom. The van der Waals surface area contributed by atoms with Crippen molar-refractivity contribution in [2.45, 2.75) is 10.8 Å². The van der Waals surface area contributed by atoms with Gasteiger partial charge in [0.25, 0.3) is 21.8 Å². The summed E-state index contributed by atoms with van der Waals surface area (Å²) in [6.07, 6.45) is 0. The molecule has 0 aliphatic carbocycles. The summed E-state index contributed by atoms with van der Waals surface area (Å²) in [6.45, 7) is -0.0488. The van der Waals surface area contributed by atoms with Gasteiger partial charge in [0.1, 0.15) is 15.7 Å². The summed E-state index contributed by atoms with van der Waals surface area (Å²) in [6, 6.07) is 21.8. The van der Waals surface area contributed by atoms with Gasteiger partial charge in [-0.3, -0.25) is 19.2 Å². The van der Waals surface area contributed by atoms with Crippen molar-refractivity contribution in [3.63, 3.8) is 0 Å². The Morgan fingerprint density at radius 2 is 1.36 bits per heavy atom. The topological polar surface area (TPSA) is 140 Å². The first-order valence-corrected chi connectivity index (χ1v) is 14.9. The van der Waals surface area contributed by atoms with Crippen LogP contribution in [0.5, 0.6) is 11.5 Å². The van der Waals surface area contributed by atoms with Crippen molar-refractivity contribution in [1.82, 2.24) is 14.9 Å². The fourth-order valence-electron chi connectivity index (χ4n) is 4.48. The smallest absolute Gasteiger partial charge is 0.272 e. The Balaban J connectivity index is 1.29. The maximum Gasteiger partial charge on any atom is 0.272 e. The third-order valence-electron chi connectivity index (χ3n) is 6.51. The number of methoxy groups -OCH3 is 2. The molecule has 0 spiro atoms. The van der Waals surface area contributed by atoms with E-state index in [9.17, 15) is 18.0 Å². The highest BCUT2D eigenvalue weighted by Crippen LogP contribution is 2.33. The monoisotopic (exact) mass is 601 g/mol. The maximum absolute atomic E-state index is 13.5. The van der Waals surface area contributed by atoms with Gasteiger partial charge in [0.2, 0.25) is 0 Å². The van der Waals surface area contributed by atoms with Crippen LogP contribution in [-0.4, -0.2) is 49.3 Å². The summed E-state index contributed by atoms with van der Waals surface area (Å²) in [5.74, 6) is 0.362. The predicted octanol–water partition coefficient (Wildman–Crippen LogP) is 5.05. The van der Waals surface area contributed by atoms with E-state index in [1.807, 2.05) is 0 Å². The average molecular weight is 602 g/mol. The second-order valence-corrected chi connectivity index (χ2v) is 12.3. The van der Waals surface area contributed by atoms with E-state index in [2.05, 4.69) is 20.0 Å². The van der Waals surface area contributed by atoms with E-state index < -0.39 is 21.8 Å². The fraction of sp³-hybridized carbons (Fsp3) is 0.103. The summed E-state index contributed by atoms with van der Waals surface area (Å²) in [5, 5.41) is 3.12. The van der Waals surface area contributed by atoms with Crippen molar-refractivity contribution in [3.8, 4) is 11.5 Å². The number of amides is 2. The number of thiophene rings is 1. The first-order valence-electron chi connectivity index (χ1n) is 12.6. The van der Waals surface area contributed by atoms with Crippen LogP contribution in [0.1, 0.15) is 25.6 Å². The van der Waals surface area contributed by atoms with Gasteiger partial charge in [-0.25, -0.2) is 18.4 Å². The molecule has 0 fully saturated rings. The number of anilines is 3. The van der Waals surface area contributed by atoms with E-state index in [1.54, 1.807) is 72.8 Å². The number of benzene rings is 3. The molecule has 42 heavy (non-hydrogen) atoms. The molecule has 0 atom stereocenters. The van der Waals surface area contributed by atoms with Crippen molar-refractivity contribution in [2.24, 2.45) is 0 Å². The minimum atomic E-state index is -4.13. The van der Waals surface area contributed by atoms with Crippen molar-refractivity contribution < 1.29 is 27.5 Å². The van der Waals surface area contributed by atoms with Gasteiger partial charge in [-0.05, 0) is 36.4 Å². The summed E-state index contributed by atoms with van der Waals surface area (Å²) < 4.78 is 40.3. The molecule has 0 unspecified atom stereocenters. The fourth-order valence-corrected chi connectivity index (χ4v) is 6.83. The van der Waals surface area contributed by atoms with Crippen molar-refractivity contribution in [2.75, 3.05) is 24.3 Å². The summed E-state index contributed by atoms with van der Waals surface area (Å²) in [5.41, 5.74) is 2.24. The van der Waals surface area contributed by atoms with Crippen LogP contribution in [0.4, 0.5) is 17.3 Å². The van der Waals surface area contributed by atoms with E-state index in [1.165, 1.54) is 20.3 Å². The SMILES string of the molecule is COc1cc(Nc2nc3ccccc3nc2NS(=O)(=O)c2ccc(CN3C(=O)c4ccccc4C3=O)s2)cc(OC)c1. The Morgan fingerprint density at radius 1 is 0.786 bits per heavy atom. The highest BCUT2D eigenvalue weighted by Gasteiger charge is 2.35. The third-order valence-corrected chi connectivity index (χ3v) is 9.41. The molecule has 11 nitrogen and oxygen atoms in total. The second kappa shape index (κ2) is 10.8. The molecule has 212 valence electrons. The van der Waals surface area contributed by atoms with E-state index in [-0.39, 0.29) is 22.4 Å². The van der Waals surface area contributed by atoms with E-state index in [0.717, 1.165) is 16.2 Å². The number of hydrogen-bond donors (Lipinski definition) is 2. The minimum Gasteiger partial charge on any atom is -0.497 e. The van der Waals surface area contributed by atoms with Crippen molar-refractivity contribution in [1.29, 1.82) is 0 Å². The Labute approximate surface area is 244 Å².